The average molecular weight is 397 g/mol. The second kappa shape index (κ2) is 8.10. The van der Waals surface area contributed by atoms with Crippen molar-refractivity contribution in [3.63, 3.8) is 0 Å². The van der Waals surface area contributed by atoms with Crippen molar-refractivity contribution in [2.24, 2.45) is 0 Å². The number of carbonyl (C=O) groups excluding carboxylic acids is 1. The topological polar surface area (TPSA) is 58.1 Å². The fraction of sp³-hybridized carbons (Fsp3) is 0.250. The molecule has 0 saturated heterocycles. The molecule has 1 unspecified atom stereocenters. The summed E-state index contributed by atoms with van der Waals surface area (Å²) in [6.07, 6.45) is 0.922. The molecule has 2 heterocycles. The molecule has 27 heavy (non-hydrogen) atoms. The van der Waals surface area contributed by atoms with Gasteiger partial charge in [0.2, 0.25) is 11.0 Å². The van der Waals surface area contributed by atoms with Gasteiger partial charge >= 0.3 is 0 Å². The highest BCUT2D eigenvalue weighted by molar-refractivity contribution is 8.02. The van der Waals surface area contributed by atoms with Gasteiger partial charge in [-0.25, -0.2) is 0 Å². The Balaban J connectivity index is 1.35. The van der Waals surface area contributed by atoms with Crippen LogP contribution in [0.25, 0.3) is 0 Å². The van der Waals surface area contributed by atoms with E-state index in [1.54, 1.807) is 0 Å². The smallest absolute Gasteiger partial charge is 0.240 e. The van der Waals surface area contributed by atoms with Gasteiger partial charge in [-0.15, -0.1) is 10.2 Å². The molecule has 1 atom stereocenters. The van der Waals surface area contributed by atoms with E-state index in [2.05, 4.69) is 33.7 Å². The van der Waals surface area contributed by atoms with Gasteiger partial charge in [0.25, 0.3) is 0 Å². The number of nitrogens with zero attached hydrogens (tertiary/aromatic N) is 3. The van der Waals surface area contributed by atoms with Crippen LogP contribution < -0.4 is 10.2 Å². The molecule has 0 bridgehead atoms. The number of aromatic nitrogens is 2. The summed E-state index contributed by atoms with van der Waals surface area (Å²) in [5, 5.41) is 12.3. The number of benzene rings is 2. The van der Waals surface area contributed by atoms with Crippen LogP contribution in [0.4, 0.5) is 10.8 Å². The van der Waals surface area contributed by atoms with Crippen LogP contribution in [0.15, 0.2) is 58.9 Å². The predicted octanol–water partition coefficient (Wildman–Crippen LogP) is 4.22. The highest BCUT2D eigenvalue weighted by Crippen LogP contribution is 2.33. The summed E-state index contributed by atoms with van der Waals surface area (Å²) in [5.41, 5.74) is 3.47. The van der Waals surface area contributed by atoms with E-state index in [-0.39, 0.29) is 11.2 Å². The first kappa shape index (κ1) is 18.0. The third-order valence-corrected chi connectivity index (χ3v) is 6.52. The maximum atomic E-state index is 12.9. The zero-order chi connectivity index (χ0) is 18.6. The largest absolute Gasteiger partial charge is 0.356 e. The van der Waals surface area contributed by atoms with Gasteiger partial charge in [-0.1, -0.05) is 71.6 Å². The quantitative estimate of drug-likeness (QED) is 0.632. The minimum atomic E-state index is -0.203. The molecule has 4 rings (SSSR count). The number of anilines is 2. The van der Waals surface area contributed by atoms with E-state index in [0.717, 1.165) is 28.1 Å². The van der Waals surface area contributed by atoms with Crippen molar-refractivity contribution in [1.82, 2.24) is 10.2 Å². The molecule has 1 aliphatic rings. The third-order valence-electron chi connectivity index (χ3n) is 4.47. The molecule has 0 radical (unpaired) electrons. The number of hydrogen-bond acceptors (Lipinski definition) is 6. The number of hydrogen-bond donors (Lipinski definition) is 1. The van der Waals surface area contributed by atoms with Gasteiger partial charge in [0, 0.05) is 18.8 Å². The number of amides is 1. The first-order valence-corrected chi connectivity index (χ1v) is 10.6. The minimum Gasteiger partial charge on any atom is -0.356 e. The van der Waals surface area contributed by atoms with E-state index >= 15 is 0 Å². The maximum absolute atomic E-state index is 12.9. The van der Waals surface area contributed by atoms with Crippen LogP contribution in [-0.2, 0) is 17.8 Å². The zero-order valence-electron chi connectivity index (χ0n) is 15.0. The molecular formula is C20H20N4OS2. The lowest BCUT2D eigenvalue weighted by Gasteiger charge is -2.20. The Hall–Kier alpha value is -2.38. The number of nitrogens with one attached hydrogen (secondary N) is 1. The van der Waals surface area contributed by atoms with Crippen LogP contribution in [0.3, 0.4) is 0 Å². The summed E-state index contributed by atoms with van der Waals surface area (Å²) in [6, 6.07) is 18.3. The fourth-order valence-corrected chi connectivity index (χ4v) is 5.04. The van der Waals surface area contributed by atoms with Crippen molar-refractivity contribution < 1.29 is 4.79 Å². The summed E-state index contributed by atoms with van der Waals surface area (Å²) >= 11 is 2.95. The molecular weight excluding hydrogens is 376 g/mol. The molecule has 0 fully saturated rings. The van der Waals surface area contributed by atoms with E-state index < -0.39 is 0 Å². The van der Waals surface area contributed by atoms with Gasteiger partial charge < -0.3 is 10.2 Å². The molecule has 1 amide bonds. The average Bonchev–Trinajstić information content (AvgIpc) is 3.33. The molecule has 1 aliphatic heterocycles. The first-order chi connectivity index (χ1) is 13.2. The molecule has 3 aromatic rings. The predicted molar refractivity (Wildman–Crippen MR) is 111 cm³/mol. The highest BCUT2D eigenvalue weighted by atomic mass is 32.2. The second-order valence-corrected chi connectivity index (χ2v) is 8.91. The standard InChI is InChI=1S/C20H20N4OS2/c1-14(18(25)24-12-11-16-9-5-6-10-17(16)24)26-20-23-22-19(27-20)21-13-15-7-3-2-4-8-15/h2-10,14H,11-13H2,1H3,(H,21,22). The van der Waals surface area contributed by atoms with Crippen LogP contribution in [0.2, 0.25) is 0 Å². The molecule has 0 spiro atoms. The Morgan fingerprint density at radius 2 is 1.96 bits per heavy atom. The van der Waals surface area contributed by atoms with Crippen LogP contribution in [0.5, 0.6) is 0 Å². The van der Waals surface area contributed by atoms with E-state index in [4.69, 9.17) is 0 Å². The molecule has 138 valence electrons. The van der Waals surface area contributed by atoms with E-state index in [1.807, 2.05) is 48.2 Å². The van der Waals surface area contributed by atoms with Crippen molar-refractivity contribution in [3.05, 3.63) is 65.7 Å². The highest BCUT2D eigenvalue weighted by Gasteiger charge is 2.28. The normalized spacial score (nSPS) is 14.0. The van der Waals surface area contributed by atoms with Crippen LogP contribution in [0, 0.1) is 0 Å². The Morgan fingerprint density at radius 3 is 2.81 bits per heavy atom. The van der Waals surface area contributed by atoms with Gasteiger partial charge in [-0.05, 0) is 30.5 Å². The zero-order valence-corrected chi connectivity index (χ0v) is 16.6. The Kier molecular flexibility index (Phi) is 5.40. The van der Waals surface area contributed by atoms with Crippen LogP contribution in [-0.4, -0.2) is 27.9 Å². The SMILES string of the molecule is CC(Sc1nnc(NCc2ccccc2)s1)C(=O)N1CCc2ccccc21. The molecule has 0 saturated carbocycles. The molecule has 0 aliphatic carbocycles. The lowest BCUT2D eigenvalue weighted by molar-refractivity contribution is -0.117. The van der Waals surface area contributed by atoms with Crippen LogP contribution >= 0.6 is 23.1 Å². The van der Waals surface area contributed by atoms with Crippen LogP contribution in [0.1, 0.15) is 18.1 Å². The fourth-order valence-electron chi connectivity index (χ4n) is 3.09. The van der Waals surface area contributed by atoms with Crippen molar-refractivity contribution in [2.45, 2.75) is 29.5 Å². The molecule has 1 aromatic heterocycles. The number of thioether (sulfide) groups is 1. The summed E-state index contributed by atoms with van der Waals surface area (Å²) in [6.45, 7) is 3.40. The molecule has 1 N–H and O–H groups in total. The van der Waals surface area contributed by atoms with Gasteiger partial charge in [0.15, 0.2) is 4.34 Å². The summed E-state index contributed by atoms with van der Waals surface area (Å²) < 4.78 is 0.805. The number of para-hydroxylation sites is 1. The molecule has 5 nitrogen and oxygen atoms in total. The van der Waals surface area contributed by atoms with Crippen molar-refractivity contribution in [3.8, 4) is 0 Å². The summed E-state index contributed by atoms with van der Waals surface area (Å²) in [7, 11) is 0. The van der Waals surface area contributed by atoms with Crippen molar-refractivity contribution >= 4 is 39.8 Å². The van der Waals surface area contributed by atoms with Gasteiger partial charge in [-0.3, -0.25) is 4.79 Å². The monoisotopic (exact) mass is 396 g/mol. The van der Waals surface area contributed by atoms with Gasteiger partial charge in [0.1, 0.15) is 0 Å². The van der Waals surface area contributed by atoms with Crippen molar-refractivity contribution in [2.75, 3.05) is 16.8 Å². The van der Waals surface area contributed by atoms with E-state index in [9.17, 15) is 4.79 Å². The van der Waals surface area contributed by atoms with E-state index in [1.165, 1.54) is 34.2 Å². The van der Waals surface area contributed by atoms with E-state index in [0.29, 0.717) is 6.54 Å². The summed E-state index contributed by atoms with van der Waals surface area (Å²) in [4.78, 5) is 14.8. The van der Waals surface area contributed by atoms with Gasteiger partial charge in [0.05, 0.1) is 5.25 Å². The minimum absolute atomic E-state index is 0.124. The Bertz CT molecular complexity index is 928. The number of fused-ring (bicyclic) bond motifs is 1. The Labute approximate surface area is 166 Å². The second-order valence-electron chi connectivity index (χ2n) is 6.34. The maximum Gasteiger partial charge on any atom is 0.240 e. The van der Waals surface area contributed by atoms with Gasteiger partial charge in [-0.2, -0.15) is 0 Å². The summed E-state index contributed by atoms with van der Waals surface area (Å²) in [5.74, 6) is 0.124. The molecule has 7 heteroatoms. The Morgan fingerprint density at radius 1 is 1.19 bits per heavy atom. The first-order valence-electron chi connectivity index (χ1n) is 8.88. The number of carbonyl (C=O) groups is 1. The lowest BCUT2D eigenvalue weighted by atomic mass is 10.2. The van der Waals surface area contributed by atoms with Crippen molar-refractivity contribution in [1.29, 1.82) is 0 Å². The third kappa shape index (κ3) is 4.14. The lowest BCUT2D eigenvalue weighted by Crippen LogP contribution is -2.35. The number of rotatable bonds is 6. The molecule has 2 aromatic carbocycles.